The number of ether oxygens (including phenoxy) is 1. The molecule has 0 N–H and O–H groups in total. The molecule has 0 bridgehead atoms. The summed E-state index contributed by atoms with van der Waals surface area (Å²) in [6.07, 6.45) is 0. The number of aryl methyl sites for hydroxylation is 1. The van der Waals surface area contributed by atoms with Crippen molar-refractivity contribution < 1.29 is 56.9 Å². The van der Waals surface area contributed by atoms with E-state index in [1.165, 1.54) is 30.3 Å². The summed E-state index contributed by atoms with van der Waals surface area (Å²) in [5, 5.41) is 0. The van der Waals surface area contributed by atoms with Crippen molar-refractivity contribution in [1.29, 1.82) is 0 Å². The maximum absolute atomic E-state index is 13.0. The average molecular weight is 416 g/mol. The molecule has 0 fully saturated rings. The van der Waals surface area contributed by atoms with Gasteiger partial charge in [-0.1, -0.05) is 42.5 Å². The zero-order valence-corrected chi connectivity index (χ0v) is 18.4. The Morgan fingerprint density at radius 1 is 0.793 bits per heavy atom. The summed E-state index contributed by atoms with van der Waals surface area (Å²) in [5.74, 6) is -0.914. The van der Waals surface area contributed by atoms with Crippen LogP contribution in [0.5, 0.6) is 11.5 Å². The van der Waals surface area contributed by atoms with E-state index in [1.807, 2.05) is 0 Å². The Bertz CT molecular complexity index is 1260. The molecule has 0 saturated heterocycles. The van der Waals surface area contributed by atoms with E-state index in [-0.39, 0.29) is 63.5 Å². The number of hydrogen-bond acceptors (Lipinski definition) is 6. The van der Waals surface area contributed by atoms with Crippen molar-refractivity contribution in [2.24, 2.45) is 0 Å². The van der Waals surface area contributed by atoms with Crippen LogP contribution in [0.2, 0.25) is 0 Å². The van der Waals surface area contributed by atoms with Gasteiger partial charge in [0.2, 0.25) is 0 Å². The van der Waals surface area contributed by atoms with Crippen molar-refractivity contribution in [3.05, 3.63) is 88.5 Å². The first-order chi connectivity index (χ1) is 13.3. The summed E-state index contributed by atoms with van der Waals surface area (Å²) in [6.45, 7) is 1.64. The van der Waals surface area contributed by atoms with Crippen LogP contribution < -0.4 is 34.3 Å². The van der Waals surface area contributed by atoms with Crippen LogP contribution in [0, 0.1) is 6.92 Å². The normalized spacial score (nSPS) is 12.6. The molecule has 0 heterocycles. The summed E-state index contributed by atoms with van der Waals surface area (Å²) >= 11 is 0. The number of carbonyl (C=O) groups excluding carboxylic acids is 2. The third-order valence-electron chi connectivity index (χ3n) is 4.50. The van der Waals surface area contributed by atoms with Gasteiger partial charge in [-0.3, -0.25) is 9.59 Å². The summed E-state index contributed by atoms with van der Waals surface area (Å²) in [5.41, 5.74) is 1.32. The minimum Gasteiger partial charge on any atom is -0.744 e. The second kappa shape index (κ2) is 7.85. The molecule has 3 aromatic rings. The van der Waals surface area contributed by atoms with Gasteiger partial charge in [-0.05, 0) is 30.7 Å². The third-order valence-corrected chi connectivity index (χ3v) is 5.36. The molecule has 6 nitrogen and oxygen atoms in total. The maximum Gasteiger partial charge on any atom is 1.00 e. The summed E-state index contributed by atoms with van der Waals surface area (Å²) in [6, 6.07) is 15.1. The Labute approximate surface area is 189 Å². The van der Waals surface area contributed by atoms with Gasteiger partial charge in [-0.15, -0.1) is 0 Å². The molecule has 29 heavy (non-hydrogen) atoms. The van der Waals surface area contributed by atoms with Crippen LogP contribution in [0.4, 0.5) is 0 Å². The Kier molecular flexibility index (Phi) is 5.80. The van der Waals surface area contributed by atoms with Crippen LogP contribution in [0.3, 0.4) is 0 Å². The van der Waals surface area contributed by atoms with Gasteiger partial charge >= 0.3 is 29.6 Å². The number of ketones is 2. The molecule has 1 aliphatic carbocycles. The minimum atomic E-state index is -4.80. The molecule has 0 spiro atoms. The first kappa shape index (κ1) is 21.4. The monoisotopic (exact) mass is 416 g/mol. The molecule has 1 aliphatic rings. The summed E-state index contributed by atoms with van der Waals surface area (Å²) < 4.78 is 40.5. The third kappa shape index (κ3) is 3.80. The molecule has 0 radical (unpaired) electrons. The Morgan fingerprint density at radius 3 is 2.07 bits per heavy atom. The van der Waals surface area contributed by atoms with Gasteiger partial charge in [-0.25, -0.2) is 8.42 Å². The molecular weight excluding hydrogens is 403 g/mol. The minimum absolute atomic E-state index is 0. The van der Waals surface area contributed by atoms with E-state index in [1.54, 1.807) is 37.3 Å². The number of fused-ring (bicyclic) bond motifs is 2. The number of rotatable bonds is 3. The van der Waals surface area contributed by atoms with Gasteiger partial charge < -0.3 is 9.29 Å². The van der Waals surface area contributed by atoms with E-state index in [0.717, 1.165) is 0 Å². The van der Waals surface area contributed by atoms with E-state index in [4.69, 9.17) is 4.74 Å². The van der Waals surface area contributed by atoms with Crippen LogP contribution in [-0.2, 0) is 10.1 Å². The van der Waals surface area contributed by atoms with Crippen molar-refractivity contribution in [3.8, 4) is 11.5 Å². The second-order valence-electron chi connectivity index (χ2n) is 6.39. The average Bonchev–Trinajstić information content (AvgIpc) is 2.66. The van der Waals surface area contributed by atoms with E-state index in [0.29, 0.717) is 11.1 Å². The topological polar surface area (TPSA) is 101 Å². The Morgan fingerprint density at radius 2 is 1.41 bits per heavy atom. The maximum atomic E-state index is 13.0. The molecule has 0 saturated carbocycles. The first-order valence-electron chi connectivity index (χ1n) is 8.33. The van der Waals surface area contributed by atoms with E-state index >= 15 is 0 Å². The molecule has 140 valence electrons. The predicted octanol–water partition coefficient (Wildman–Crippen LogP) is 0.471. The van der Waals surface area contributed by atoms with Crippen LogP contribution in [-0.4, -0.2) is 24.5 Å². The SMILES string of the molecule is Cc1ccc(Oc2cccc3c2C(=O)c2ccccc2C3=O)c(S(=O)(=O)[O-])c1.[Na+]. The fraction of sp³-hybridized carbons (Fsp3) is 0.0476. The number of benzene rings is 3. The fourth-order valence-electron chi connectivity index (χ4n) is 3.21. The molecule has 8 heteroatoms. The Balaban J connectivity index is 0.00000240. The fourth-order valence-corrected chi connectivity index (χ4v) is 3.90. The molecule has 0 aromatic heterocycles. The molecule has 0 amide bonds. The zero-order chi connectivity index (χ0) is 20.1. The van der Waals surface area contributed by atoms with E-state index in [2.05, 4.69) is 0 Å². The molecule has 0 atom stereocenters. The quantitative estimate of drug-likeness (QED) is 0.356. The van der Waals surface area contributed by atoms with Gasteiger partial charge in [0, 0.05) is 16.7 Å². The van der Waals surface area contributed by atoms with Gasteiger partial charge in [0.25, 0.3) is 0 Å². The van der Waals surface area contributed by atoms with E-state index in [9.17, 15) is 22.6 Å². The van der Waals surface area contributed by atoms with Crippen LogP contribution in [0.15, 0.2) is 65.6 Å². The molecular formula is C21H13NaO6S. The number of carbonyl (C=O) groups is 2. The van der Waals surface area contributed by atoms with Crippen LogP contribution in [0.1, 0.15) is 37.4 Å². The summed E-state index contributed by atoms with van der Waals surface area (Å²) in [7, 11) is -4.80. The smallest absolute Gasteiger partial charge is 0.744 e. The van der Waals surface area contributed by atoms with Crippen LogP contribution in [0.25, 0.3) is 0 Å². The van der Waals surface area contributed by atoms with Gasteiger partial charge in [0.1, 0.15) is 21.6 Å². The molecule has 4 rings (SSSR count). The van der Waals surface area contributed by atoms with Gasteiger partial charge in [-0.2, -0.15) is 0 Å². The molecule has 0 unspecified atom stereocenters. The standard InChI is InChI=1S/C21H14O6S.Na/c1-12-9-10-16(18(11-12)28(24,25)26)27-17-8-4-7-15-19(17)21(23)14-6-3-2-5-13(14)20(15)22;/h2-11H,1H3,(H,24,25,26);/q;+1/p-1. The Hall–Kier alpha value is -2.29. The summed E-state index contributed by atoms with van der Waals surface area (Å²) in [4.78, 5) is 25.2. The zero-order valence-electron chi connectivity index (χ0n) is 15.6. The predicted molar refractivity (Wildman–Crippen MR) is 99.0 cm³/mol. The van der Waals surface area contributed by atoms with Crippen molar-refractivity contribution in [2.45, 2.75) is 11.8 Å². The van der Waals surface area contributed by atoms with Crippen LogP contribution >= 0.6 is 0 Å². The van der Waals surface area contributed by atoms with Crippen molar-refractivity contribution >= 4 is 21.7 Å². The van der Waals surface area contributed by atoms with Crippen molar-refractivity contribution in [3.63, 3.8) is 0 Å². The number of hydrogen-bond donors (Lipinski definition) is 0. The van der Waals surface area contributed by atoms with Crippen molar-refractivity contribution in [1.82, 2.24) is 0 Å². The van der Waals surface area contributed by atoms with Crippen molar-refractivity contribution in [2.75, 3.05) is 0 Å². The molecule has 3 aromatic carbocycles. The second-order valence-corrected chi connectivity index (χ2v) is 7.74. The van der Waals surface area contributed by atoms with Gasteiger partial charge in [0.05, 0.1) is 10.5 Å². The van der Waals surface area contributed by atoms with Gasteiger partial charge in [0.15, 0.2) is 11.6 Å². The molecule has 0 aliphatic heterocycles. The first-order valence-corrected chi connectivity index (χ1v) is 9.74. The van der Waals surface area contributed by atoms with E-state index < -0.39 is 20.8 Å². The largest absolute Gasteiger partial charge is 1.00 e.